The van der Waals surface area contributed by atoms with Crippen molar-refractivity contribution in [1.82, 2.24) is 0 Å². The second-order valence-corrected chi connectivity index (χ2v) is 12.2. The van der Waals surface area contributed by atoms with Gasteiger partial charge >= 0.3 is 40.8 Å². The summed E-state index contributed by atoms with van der Waals surface area (Å²) in [6.45, 7) is 0. The standard InChI is InChI=1S/3C6H4ClNO5S.Nd/c3*7-5-2-1-4(8(9)10)3-6(5)14(11,12)13;/h3*1-3H,(H,11,12,13);/q;;;+3/p-3. The SMILES string of the molecule is O=[N+]([O-])c1ccc(Cl)c(S(=O)(=O)[O-])c1.O=[N+]([O-])c1ccc(Cl)c(S(=O)(=O)[O-])c1.O=[N+]([O-])c1ccc(Cl)c(S(=O)(=O)[O-])c1.[Nd+3]. The molecule has 0 saturated carbocycles. The van der Waals surface area contributed by atoms with Crippen molar-refractivity contribution in [1.29, 1.82) is 0 Å². The monoisotopic (exact) mass is 850 g/mol. The predicted octanol–water partition coefficient (Wildman–Crippen LogP) is 3.46. The number of nitro benzene ring substituents is 3. The first kappa shape index (κ1) is 40.8. The molecule has 0 amide bonds. The van der Waals surface area contributed by atoms with E-state index in [0.717, 1.165) is 36.4 Å². The summed E-state index contributed by atoms with van der Waals surface area (Å²) in [7, 11) is -14.3. The number of nitrogens with zero attached hydrogens (tertiary/aromatic N) is 3. The maximum atomic E-state index is 10.6. The molecule has 0 N–H and O–H groups in total. The summed E-state index contributed by atoms with van der Waals surface area (Å²) >= 11 is 16.2. The Morgan fingerprint density at radius 3 is 0.791 bits per heavy atom. The Kier molecular flexibility index (Phi) is 15.4. The Balaban J connectivity index is 0.000000608. The van der Waals surface area contributed by atoms with Gasteiger partial charge in [-0.05, 0) is 18.2 Å². The van der Waals surface area contributed by atoms with E-state index in [0.29, 0.717) is 18.2 Å². The minimum atomic E-state index is -4.78. The van der Waals surface area contributed by atoms with Gasteiger partial charge in [0.25, 0.3) is 17.1 Å². The van der Waals surface area contributed by atoms with Gasteiger partial charge in [0.15, 0.2) is 0 Å². The molecule has 0 spiro atoms. The van der Waals surface area contributed by atoms with E-state index in [4.69, 9.17) is 34.8 Å². The maximum Gasteiger partial charge on any atom is 3.00 e. The summed E-state index contributed by atoms with van der Waals surface area (Å²) < 4.78 is 95.1. The minimum absolute atomic E-state index is 0. The first-order chi connectivity index (χ1) is 19.0. The zero-order valence-electron chi connectivity index (χ0n) is 20.0. The summed E-state index contributed by atoms with van der Waals surface area (Å²) in [5.74, 6) is 0. The molecule has 0 aliphatic carbocycles. The summed E-state index contributed by atoms with van der Waals surface area (Å²) in [4.78, 5) is 26.0. The van der Waals surface area contributed by atoms with Crippen LogP contribution in [0.4, 0.5) is 17.1 Å². The van der Waals surface area contributed by atoms with Crippen LogP contribution in [-0.2, 0) is 30.4 Å². The molecular formula is C18H9Cl3N3NdO15S3. The molecule has 0 atom stereocenters. The van der Waals surface area contributed by atoms with Crippen molar-refractivity contribution in [2.75, 3.05) is 0 Å². The van der Waals surface area contributed by atoms with E-state index in [1.54, 1.807) is 0 Å². The Morgan fingerprint density at radius 1 is 0.465 bits per heavy atom. The van der Waals surface area contributed by atoms with Crippen LogP contribution in [0.15, 0.2) is 69.3 Å². The van der Waals surface area contributed by atoms with Gasteiger partial charge in [0, 0.05) is 36.4 Å². The molecule has 229 valence electrons. The minimum Gasteiger partial charge on any atom is -0.744 e. The van der Waals surface area contributed by atoms with Crippen LogP contribution in [0.5, 0.6) is 0 Å². The number of halogens is 3. The molecule has 3 rings (SSSR count). The molecule has 0 aromatic heterocycles. The van der Waals surface area contributed by atoms with Crippen molar-refractivity contribution in [3.63, 3.8) is 0 Å². The Labute approximate surface area is 288 Å². The Bertz CT molecular complexity index is 1670. The topological polar surface area (TPSA) is 301 Å². The van der Waals surface area contributed by atoms with E-state index in [2.05, 4.69) is 0 Å². The van der Waals surface area contributed by atoms with Crippen LogP contribution in [0.2, 0.25) is 15.1 Å². The Morgan fingerprint density at radius 2 is 0.651 bits per heavy atom. The molecule has 18 nitrogen and oxygen atoms in total. The number of non-ortho nitro benzene ring substituents is 3. The van der Waals surface area contributed by atoms with Crippen LogP contribution in [0, 0.1) is 71.2 Å². The fourth-order valence-electron chi connectivity index (χ4n) is 2.39. The van der Waals surface area contributed by atoms with Crippen molar-refractivity contribution in [2.24, 2.45) is 0 Å². The third-order valence-electron chi connectivity index (χ3n) is 4.18. The van der Waals surface area contributed by atoms with Crippen LogP contribution >= 0.6 is 34.8 Å². The first-order valence-corrected chi connectivity index (χ1v) is 15.0. The smallest absolute Gasteiger partial charge is 0.744 e. The number of rotatable bonds is 6. The summed E-state index contributed by atoms with van der Waals surface area (Å²) in [6.07, 6.45) is 0. The molecule has 0 unspecified atom stereocenters. The fraction of sp³-hybridized carbons (Fsp3) is 0. The van der Waals surface area contributed by atoms with Gasteiger partial charge < -0.3 is 13.7 Å². The molecule has 0 bridgehead atoms. The molecule has 0 aliphatic rings. The average molecular weight is 854 g/mol. The van der Waals surface area contributed by atoms with Gasteiger partial charge in [-0.25, -0.2) is 25.3 Å². The zero-order chi connectivity index (χ0) is 32.8. The van der Waals surface area contributed by atoms with E-state index in [-0.39, 0.29) is 55.9 Å². The number of hydrogen-bond donors (Lipinski definition) is 0. The van der Waals surface area contributed by atoms with E-state index in [1.807, 2.05) is 0 Å². The van der Waals surface area contributed by atoms with Crippen LogP contribution in [0.3, 0.4) is 0 Å². The van der Waals surface area contributed by atoms with Crippen molar-refractivity contribution in [2.45, 2.75) is 14.7 Å². The zero-order valence-corrected chi connectivity index (χ0v) is 27.9. The summed E-state index contributed by atoms with van der Waals surface area (Å²) in [5.41, 5.74) is -1.49. The first-order valence-electron chi connectivity index (χ1n) is 9.66. The van der Waals surface area contributed by atoms with Crippen LogP contribution in [-0.4, -0.2) is 53.7 Å². The molecule has 0 heterocycles. The maximum absolute atomic E-state index is 10.6. The molecule has 3 aromatic carbocycles. The van der Waals surface area contributed by atoms with E-state index in [1.165, 1.54) is 0 Å². The summed E-state index contributed by atoms with van der Waals surface area (Å²) in [6, 6.07) is 7.89. The third kappa shape index (κ3) is 12.8. The largest absolute Gasteiger partial charge is 3.00 e. The number of hydrogen-bond acceptors (Lipinski definition) is 15. The quantitative estimate of drug-likeness (QED) is 0.195. The van der Waals surface area contributed by atoms with Crippen LogP contribution < -0.4 is 0 Å². The third-order valence-corrected chi connectivity index (χ3v) is 8.14. The number of benzene rings is 3. The second kappa shape index (κ2) is 16.2. The molecule has 25 heteroatoms. The van der Waals surface area contributed by atoms with Crippen LogP contribution in [0.1, 0.15) is 0 Å². The van der Waals surface area contributed by atoms with Gasteiger partial charge in [0.1, 0.15) is 30.4 Å². The predicted molar refractivity (Wildman–Crippen MR) is 138 cm³/mol. The van der Waals surface area contributed by atoms with Gasteiger partial charge in [-0.2, -0.15) is 0 Å². The number of nitro groups is 3. The van der Waals surface area contributed by atoms with Gasteiger partial charge in [-0.15, -0.1) is 0 Å². The second-order valence-electron chi connectivity index (χ2n) is 6.98. The van der Waals surface area contributed by atoms with Crippen molar-refractivity contribution in [3.8, 4) is 0 Å². The summed E-state index contributed by atoms with van der Waals surface area (Å²) in [5, 5.41) is 29.8. The van der Waals surface area contributed by atoms with Gasteiger partial charge in [-0.1, -0.05) is 34.8 Å². The molecule has 43 heavy (non-hydrogen) atoms. The molecule has 0 saturated heterocycles. The van der Waals surface area contributed by atoms with Crippen molar-refractivity contribution < 1.29 is 94.5 Å². The molecular weight excluding hydrogens is 845 g/mol. The van der Waals surface area contributed by atoms with E-state index >= 15 is 0 Å². The van der Waals surface area contributed by atoms with E-state index in [9.17, 15) is 69.3 Å². The van der Waals surface area contributed by atoms with Gasteiger partial charge in [-0.3, -0.25) is 30.3 Å². The molecule has 3 aromatic rings. The van der Waals surface area contributed by atoms with Crippen molar-refractivity contribution in [3.05, 3.63) is 100 Å². The average Bonchev–Trinajstić information content (AvgIpc) is 2.83. The molecule has 0 fully saturated rings. The Hall–Kier alpha value is -2.19. The normalized spacial score (nSPS) is 11.0. The van der Waals surface area contributed by atoms with Crippen molar-refractivity contribution >= 4 is 82.2 Å². The van der Waals surface area contributed by atoms with Crippen LogP contribution in [0.25, 0.3) is 0 Å². The van der Waals surface area contributed by atoms with E-state index < -0.39 is 76.9 Å². The molecule has 0 aliphatic heterocycles. The van der Waals surface area contributed by atoms with Gasteiger partial charge in [0.2, 0.25) is 0 Å². The van der Waals surface area contributed by atoms with Gasteiger partial charge in [0.05, 0.1) is 44.5 Å². The molecule has 1 radical (unpaired) electrons. The fourth-order valence-corrected chi connectivity index (χ4v) is 5.31.